The summed E-state index contributed by atoms with van der Waals surface area (Å²) in [5.41, 5.74) is 11.6. The number of fused-ring (bicyclic) bond motifs is 1. The van der Waals surface area contributed by atoms with E-state index in [1.165, 1.54) is 16.8 Å². The van der Waals surface area contributed by atoms with Crippen molar-refractivity contribution in [3.8, 4) is 5.69 Å². The average Bonchev–Trinajstić information content (AvgIpc) is 2.70. The Kier molecular flexibility index (Phi) is 3.83. The Morgan fingerprint density at radius 1 is 1.24 bits per heavy atom. The third-order valence-corrected chi connectivity index (χ3v) is 5.46. The quantitative estimate of drug-likeness (QED) is 0.679. The van der Waals surface area contributed by atoms with Crippen LogP contribution in [0, 0.1) is 12.3 Å². The van der Waals surface area contributed by atoms with E-state index in [1.54, 1.807) is 0 Å². The highest BCUT2D eigenvalue weighted by Crippen LogP contribution is 2.42. The number of halogens is 2. The van der Waals surface area contributed by atoms with Crippen LogP contribution in [0.15, 0.2) is 33.3 Å². The predicted molar refractivity (Wildman–Crippen MR) is 94.9 cm³/mol. The van der Waals surface area contributed by atoms with E-state index in [1.807, 2.05) is 0 Å². The normalized spacial score (nSPS) is 20.4. The van der Waals surface area contributed by atoms with Gasteiger partial charge in [0.1, 0.15) is 0 Å². The van der Waals surface area contributed by atoms with Crippen molar-refractivity contribution in [2.75, 3.05) is 0 Å². The Balaban J connectivity index is 2.19. The lowest BCUT2D eigenvalue weighted by Gasteiger charge is -2.34. The summed E-state index contributed by atoms with van der Waals surface area (Å²) in [6.45, 7) is 6.70. The molecule has 2 aromatic rings. The van der Waals surface area contributed by atoms with Crippen molar-refractivity contribution < 1.29 is 0 Å². The van der Waals surface area contributed by atoms with Crippen LogP contribution in [0.1, 0.15) is 43.1 Å². The summed E-state index contributed by atoms with van der Waals surface area (Å²) in [7, 11) is 0. The minimum absolute atomic E-state index is 0.132. The molecule has 0 amide bonds. The lowest BCUT2D eigenvalue weighted by Crippen LogP contribution is -2.30. The molecule has 1 aliphatic carbocycles. The fraction of sp³-hybridized carbons (Fsp3) is 0.412. The highest BCUT2D eigenvalue weighted by atomic mass is 79.9. The summed E-state index contributed by atoms with van der Waals surface area (Å²) in [5, 5.41) is 0. The number of aryl methyl sites for hydroxylation is 1. The van der Waals surface area contributed by atoms with Crippen molar-refractivity contribution in [1.82, 2.24) is 4.57 Å². The standard InChI is InChI=1S/C17H20Br2N2/c1-10-6-12(18)16(13(19)7-10)21-5-4-11-14(20)8-17(2,3)9-15(11)21/h4-7,14H,8-9,20H2,1-3H3. The Hall–Kier alpha value is -0.580. The first kappa shape index (κ1) is 15.3. The molecule has 21 heavy (non-hydrogen) atoms. The van der Waals surface area contributed by atoms with Gasteiger partial charge in [-0.1, -0.05) is 13.8 Å². The topological polar surface area (TPSA) is 30.9 Å². The van der Waals surface area contributed by atoms with E-state index < -0.39 is 0 Å². The van der Waals surface area contributed by atoms with E-state index in [9.17, 15) is 0 Å². The Morgan fingerprint density at radius 2 is 1.86 bits per heavy atom. The maximum atomic E-state index is 6.38. The van der Waals surface area contributed by atoms with Crippen LogP contribution in [0.5, 0.6) is 0 Å². The van der Waals surface area contributed by atoms with Crippen LogP contribution in [-0.2, 0) is 6.42 Å². The van der Waals surface area contributed by atoms with Crippen molar-refractivity contribution in [3.05, 3.63) is 50.2 Å². The molecule has 112 valence electrons. The smallest absolute Gasteiger partial charge is 0.0738 e. The summed E-state index contributed by atoms with van der Waals surface area (Å²) >= 11 is 7.42. The van der Waals surface area contributed by atoms with Gasteiger partial charge in [-0.05, 0) is 86.4 Å². The van der Waals surface area contributed by atoms with Crippen molar-refractivity contribution in [3.63, 3.8) is 0 Å². The van der Waals surface area contributed by atoms with Crippen molar-refractivity contribution in [2.24, 2.45) is 11.1 Å². The molecule has 2 N–H and O–H groups in total. The summed E-state index contributed by atoms with van der Waals surface area (Å²) in [4.78, 5) is 0. The zero-order valence-corrected chi connectivity index (χ0v) is 15.8. The zero-order valence-electron chi connectivity index (χ0n) is 12.6. The van der Waals surface area contributed by atoms with Crippen LogP contribution in [0.3, 0.4) is 0 Å². The minimum Gasteiger partial charge on any atom is -0.324 e. The summed E-state index contributed by atoms with van der Waals surface area (Å²) < 4.78 is 4.48. The predicted octanol–water partition coefficient (Wildman–Crippen LogP) is 5.28. The molecule has 0 saturated carbocycles. The van der Waals surface area contributed by atoms with Gasteiger partial charge in [-0.3, -0.25) is 0 Å². The van der Waals surface area contributed by atoms with E-state index in [0.717, 1.165) is 27.5 Å². The molecule has 0 fully saturated rings. The third-order valence-electron chi connectivity index (χ3n) is 4.25. The number of aromatic nitrogens is 1. The SMILES string of the molecule is Cc1cc(Br)c(-n2ccc3c2CC(C)(C)CC3N)c(Br)c1. The molecular formula is C17H20Br2N2. The second kappa shape index (κ2) is 5.25. The molecule has 0 aliphatic heterocycles. The van der Waals surface area contributed by atoms with Gasteiger partial charge in [0.05, 0.1) is 5.69 Å². The molecule has 3 rings (SSSR count). The lowest BCUT2D eigenvalue weighted by atomic mass is 9.74. The fourth-order valence-electron chi connectivity index (χ4n) is 3.37. The van der Waals surface area contributed by atoms with Gasteiger partial charge in [0.2, 0.25) is 0 Å². The van der Waals surface area contributed by atoms with E-state index >= 15 is 0 Å². The Bertz CT molecular complexity index is 678. The molecule has 1 unspecified atom stereocenters. The molecule has 1 atom stereocenters. The first-order chi connectivity index (χ1) is 9.78. The monoisotopic (exact) mass is 410 g/mol. The average molecular weight is 412 g/mol. The maximum Gasteiger partial charge on any atom is 0.0738 e. The molecular weight excluding hydrogens is 392 g/mol. The van der Waals surface area contributed by atoms with Crippen LogP contribution in [0.4, 0.5) is 0 Å². The second-order valence-corrected chi connectivity index (χ2v) is 8.53. The fourth-order valence-corrected chi connectivity index (χ4v) is 5.16. The molecule has 4 heteroatoms. The van der Waals surface area contributed by atoms with Crippen molar-refractivity contribution in [2.45, 2.75) is 39.7 Å². The van der Waals surface area contributed by atoms with E-state index in [4.69, 9.17) is 5.73 Å². The summed E-state index contributed by atoms with van der Waals surface area (Å²) in [6.07, 6.45) is 4.24. The summed E-state index contributed by atoms with van der Waals surface area (Å²) in [5.74, 6) is 0. The third kappa shape index (κ3) is 2.73. The first-order valence-electron chi connectivity index (χ1n) is 7.20. The van der Waals surface area contributed by atoms with Crippen molar-refractivity contribution in [1.29, 1.82) is 0 Å². The number of rotatable bonds is 1. The van der Waals surface area contributed by atoms with Gasteiger partial charge in [-0.25, -0.2) is 0 Å². The Labute approximate surface area is 143 Å². The van der Waals surface area contributed by atoms with Crippen LogP contribution >= 0.6 is 31.9 Å². The van der Waals surface area contributed by atoms with Crippen LogP contribution in [-0.4, -0.2) is 4.57 Å². The second-order valence-electron chi connectivity index (χ2n) is 6.82. The van der Waals surface area contributed by atoms with Gasteiger partial charge in [0.25, 0.3) is 0 Å². The molecule has 1 heterocycles. The van der Waals surface area contributed by atoms with Gasteiger partial charge in [-0.15, -0.1) is 0 Å². The van der Waals surface area contributed by atoms with Crippen LogP contribution in [0.25, 0.3) is 5.69 Å². The van der Waals surface area contributed by atoms with E-state index in [0.29, 0.717) is 0 Å². The number of nitrogens with two attached hydrogens (primary N) is 1. The first-order valence-corrected chi connectivity index (χ1v) is 8.79. The molecule has 0 radical (unpaired) electrons. The van der Waals surface area contributed by atoms with Gasteiger partial charge < -0.3 is 10.3 Å². The van der Waals surface area contributed by atoms with Crippen LogP contribution in [0.2, 0.25) is 0 Å². The molecule has 1 aromatic heterocycles. The van der Waals surface area contributed by atoms with Crippen LogP contribution < -0.4 is 5.73 Å². The number of hydrogen-bond donors (Lipinski definition) is 1. The zero-order chi connectivity index (χ0) is 15.4. The largest absolute Gasteiger partial charge is 0.324 e. The highest BCUT2D eigenvalue weighted by Gasteiger charge is 2.33. The van der Waals surface area contributed by atoms with Gasteiger partial charge in [0, 0.05) is 26.9 Å². The highest BCUT2D eigenvalue weighted by molar-refractivity contribution is 9.11. The van der Waals surface area contributed by atoms with E-state index in [-0.39, 0.29) is 11.5 Å². The lowest BCUT2D eigenvalue weighted by molar-refractivity contribution is 0.278. The molecule has 0 bridgehead atoms. The molecule has 0 saturated heterocycles. The Morgan fingerprint density at radius 3 is 2.48 bits per heavy atom. The molecule has 1 aliphatic rings. The van der Waals surface area contributed by atoms with Gasteiger partial charge >= 0.3 is 0 Å². The number of hydrogen-bond acceptors (Lipinski definition) is 1. The van der Waals surface area contributed by atoms with E-state index in [2.05, 4.69) is 81.6 Å². The van der Waals surface area contributed by atoms with Gasteiger partial charge in [-0.2, -0.15) is 0 Å². The summed E-state index contributed by atoms with van der Waals surface area (Å²) in [6, 6.07) is 6.61. The van der Waals surface area contributed by atoms with Crippen molar-refractivity contribution >= 4 is 31.9 Å². The van der Waals surface area contributed by atoms with Gasteiger partial charge in [0.15, 0.2) is 0 Å². The molecule has 0 spiro atoms. The minimum atomic E-state index is 0.132. The molecule has 1 aromatic carbocycles. The molecule has 2 nitrogen and oxygen atoms in total. The number of benzene rings is 1. The number of nitrogens with zero attached hydrogens (tertiary/aromatic N) is 1. The maximum absolute atomic E-state index is 6.38.